The highest BCUT2D eigenvalue weighted by molar-refractivity contribution is 5.80. The van der Waals surface area contributed by atoms with Crippen molar-refractivity contribution in [2.75, 3.05) is 38.1 Å². The second-order valence-electron chi connectivity index (χ2n) is 8.05. The normalized spacial score (nSPS) is 22.4. The molecule has 0 unspecified atom stereocenters. The van der Waals surface area contributed by atoms with Gasteiger partial charge in [-0.25, -0.2) is 0 Å². The molecule has 1 saturated heterocycles. The van der Waals surface area contributed by atoms with Crippen molar-refractivity contribution >= 4 is 11.6 Å². The van der Waals surface area contributed by atoms with Gasteiger partial charge in [0.1, 0.15) is 0 Å². The van der Waals surface area contributed by atoms with Gasteiger partial charge >= 0.3 is 0 Å². The molecule has 2 heterocycles. The van der Waals surface area contributed by atoms with Crippen molar-refractivity contribution in [2.24, 2.45) is 5.92 Å². The Morgan fingerprint density at radius 2 is 1.96 bits per heavy atom. The van der Waals surface area contributed by atoms with Gasteiger partial charge in [0.15, 0.2) is 0 Å². The zero-order valence-electron chi connectivity index (χ0n) is 15.5. The third-order valence-corrected chi connectivity index (χ3v) is 6.09. The fourth-order valence-electron chi connectivity index (χ4n) is 4.39. The third-order valence-electron chi connectivity index (χ3n) is 6.09. The van der Waals surface area contributed by atoms with Gasteiger partial charge in [0.2, 0.25) is 5.91 Å². The number of aryl methyl sites for hydroxylation is 1. The van der Waals surface area contributed by atoms with Gasteiger partial charge in [-0.2, -0.15) is 0 Å². The molecule has 1 aromatic rings. The fraction of sp³-hybridized carbons (Fsp3) is 0.667. The van der Waals surface area contributed by atoms with E-state index in [9.17, 15) is 4.79 Å². The van der Waals surface area contributed by atoms with Gasteiger partial charge in [-0.05, 0) is 68.8 Å². The molecule has 1 aliphatic carbocycles. The molecule has 1 saturated carbocycles. The van der Waals surface area contributed by atoms with E-state index >= 15 is 0 Å². The van der Waals surface area contributed by atoms with Gasteiger partial charge in [-0.1, -0.05) is 18.6 Å². The summed E-state index contributed by atoms with van der Waals surface area (Å²) < 4.78 is 0. The molecule has 1 atom stereocenters. The molecule has 1 aromatic carbocycles. The average Bonchev–Trinajstić information content (AvgIpc) is 3.48. The minimum absolute atomic E-state index is 0.264. The highest BCUT2D eigenvalue weighted by atomic mass is 16.2. The molecular weight excluding hydrogens is 310 g/mol. The summed E-state index contributed by atoms with van der Waals surface area (Å²) in [5, 5.41) is 3.24. The van der Waals surface area contributed by atoms with Gasteiger partial charge < -0.3 is 10.2 Å². The lowest BCUT2D eigenvalue weighted by Gasteiger charge is -2.36. The summed E-state index contributed by atoms with van der Waals surface area (Å²) >= 11 is 0. The molecular formula is C21H31N3O. The van der Waals surface area contributed by atoms with E-state index in [2.05, 4.69) is 40.4 Å². The monoisotopic (exact) mass is 341 g/mol. The molecule has 136 valence electrons. The predicted octanol–water partition coefficient (Wildman–Crippen LogP) is 3.12. The summed E-state index contributed by atoms with van der Waals surface area (Å²) in [6, 6.07) is 7.32. The van der Waals surface area contributed by atoms with Gasteiger partial charge in [0.25, 0.3) is 0 Å². The van der Waals surface area contributed by atoms with E-state index in [0.29, 0.717) is 12.0 Å². The van der Waals surface area contributed by atoms with Crippen molar-refractivity contribution in [1.82, 2.24) is 10.2 Å². The Hall–Kier alpha value is -1.55. The van der Waals surface area contributed by atoms with E-state index < -0.39 is 0 Å². The average molecular weight is 341 g/mol. The van der Waals surface area contributed by atoms with Crippen molar-refractivity contribution in [3.05, 3.63) is 29.3 Å². The first-order chi connectivity index (χ1) is 12.2. The van der Waals surface area contributed by atoms with Crippen LogP contribution in [0, 0.1) is 5.92 Å². The van der Waals surface area contributed by atoms with Crippen LogP contribution in [-0.2, 0) is 11.2 Å². The van der Waals surface area contributed by atoms with Crippen LogP contribution in [0.4, 0.5) is 5.69 Å². The number of piperidine rings is 1. The van der Waals surface area contributed by atoms with Crippen molar-refractivity contribution in [1.29, 1.82) is 0 Å². The van der Waals surface area contributed by atoms with Gasteiger partial charge in [-0.15, -0.1) is 0 Å². The number of carbonyl (C=O) groups is 1. The first kappa shape index (κ1) is 16.9. The van der Waals surface area contributed by atoms with Crippen molar-refractivity contribution in [3.8, 4) is 0 Å². The lowest BCUT2D eigenvalue weighted by atomic mass is 9.95. The number of benzene rings is 1. The molecule has 1 N–H and O–H groups in total. The number of rotatable bonds is 5. The van der Waals surface area contributed by atoms with Crippen molar-refractivity contribution in [2.45, 2.75) is 51.0 Å². The van der Waals surface area contributed by atoms with Gasteiger partial charge in [0, 0.05) is 31.7 Å². The maximum atomic E-state index is 12.2. The summed E-state index contributed by atoms with van der Waals surface area (Å²) in [4.78, 5) is 17.1. The van der Waals surface area contributed by atoms with Crippen LogP contribution in [0.15, 0.2) is 18.2 Å². The zero-order chi connectivity index (χ0) is 17.2. The Labute approximate surface area is 151 Å². The van der Waals surface area contributed by atoms with Crippen LogP contribution in [0.5, 0.6) is 0 Å². The van der Waals surface area contributed by atoms with Crippen LogP contribution in [0.1, 0.15) is 55.7 Å². The lowest BCUT2D eigenvalue weighted by molar-refractivity contribution is -0.122. The second-order valence-corrected chi connectivity index (χ2v) is 8.05. The quantitative estimate of drug-likeness (QED) is 0.894. The first-order valence-corrected chi connectivity index (χ1v) is 10.1. The van der Waals surface area contributed by atoms with Crippen LogP contribution < -0.4 is 10.2 Å². The van der Waals surface area contributed by atoms with E-state index in [1.165, 1.54) is 48.9 Å². The van der Waals surface area contributed by atoms with Crippen molar-refractivity contribution in [3.63, 3.8) is 0 Å². The minimum atomic E-state index is 0.264. The number of carbonyl (C=O) groups excluding carboxylic acids is 1. The number of hydrogen-bond acceptors (Lipinski definition) is 3. The number of anilines is 1. The first-order valence-electron chi connectivity index (χ1n) is 10.1. The van der Waals surface area contributed by atoms with Crippen LogP contribution in [0.25, 0.3) is 0 Å². The van der Waals surface area contributed by atoms with E-state index in [4.69, 9.17) is 0 Å². The summed E-state index contributed by atoms with van der Waals surface area (Å²) in [6.07, 6.45) is 8.46. The van der Waals surface area contributed by atoms with Crippen LogP contribution in [0.3, 0.4) is 0 Å². The van der Waals surface area contributed by atoms with Crippen molar-refractivity contribution < 1.29 is 4.79 Å². The fourth-order valence-corrected chi connectivity index (χ4v) is 4.39. The number of fused-ring (bicyclic) bond motifs is 1. The van der Waals surface area contributed by atoms with E-state index in [1.54, 1.807) is 0 Å². The molecule has 0 aromatic heterocycles. The van der Waals surface area contributed by atoms with Crippen LogP contribution in [0.2, 0.25) is 0 Å². The molecule has 0 spiro atoms. The molecule has 4 nitrogen and oxygen atoms in total. The Bertz CT molecular complexity index is 620. The Morgan fingerprint density at radius 3 is 2.72 bits per heavy atom. The smallest absolute Gasteiger partial charge is 0.223 e. The molecule has 4 heteroatoms. The standard InChI is InChI=1S/C21H31N3O/c1-23-11-5-6-17-14-18(9-10-19(17)23)20(24-12-3-2-4-13-24)15-22-21(25)16-7-8-16/h9-10,14,16,20H,2-8,11-13,15H2,1H3,(H,22,25)/t20-/m1/s1. The molecule has 2 aliphatic heterocycles. The second kappa shape index (κ2) is 7.36. The molecule has 0 bridgehead atoms. The van der Waals surface area contributed by atoms with E-state index in [1.807, 2.05) is 0 Å². The molecule has 0 radical (unpaired) electrons. The number of likely N-dealkylation sites (tertiary alicyclic amines) is 1. The summed E-state index contributed by atoms with van der Waals surface area (Å²) in [7, 11) is 2.19. The topological polar surface area (TPSA) is 35.6 Å². The molecule has 25 heavy (non-hydrogen) atoms. The molecule has 2 fully saturated rings. The molecule has 4 rings (SSSR count). The SMILES string of the molecule is CN1CCCc2cc([C@@H](CNC(=O)C3CC3)N3CCCCC3)ccc21. The van der Waals surface area contributed by atoms with Crippen LogP contribution >= 0.6 is 0 Å². The number of amides is 1. The Balaban J connectivity index is 1.54. The zero-order valence-corrected chi connectivity index (χ0v) is 15.5. The van der Waals surface area contributed by atoms with Gasteiger partial charge in [-0.3, -0.25) is 9.69 Å². The van der Waals surface area contributed by atoms with Crippen LogP contribution in [-0.4, -0.2) is 44.0 Å². The predicted molar refractivity (Wildman–Crippen MR) is 102 cm³/mol. The Morgan fingerprint density at radius 1 is 1.16 bits per heavy atom. The number of nitrogens with zero attached hydrogens (tertiary/aromatic N) is 2. The highest BCUT2D eigenvalue weighted by Crippen LogP contribution is 2.32. The van der Waals surface area contributed by atoms with E-state index in [-0.39, 0.29) is 5.91 Å². The van der Waals surface area contributed by atoms with E-state index in [0.717, 1.165) is 39.0 Å². The summed E-state index contributed by atoms with van der Waals surface area (Å²) in [5.74, 6) is 0.555. The maximum Gasteiger partial charge on any atom is 0.223 e. The lowest BCUT2D eigenvalue weighted by Crippen LogP contribution is -2.41. The Kier molecular flexibility index (Phi) is 4.98. The maximum absolute atomic E-state index is 12.2. The number of nitrogens with one attached hydrogen (secondary N) is 1. The summed E-state index contributed by atoms with van der Waals surface area (Å²) in [5.41, 5.74) is 4.24. The number of hydrogen-bond donors (Lipinski definition) is 1. The largest absolute Gasteiger partial charge is 0.374 e. The third kappa shape index (κ3) is 3.84. The molecule has 3 aliphatic rings. The molecule has 1 amide bonds. The summed E-state index contributed by atoms with van der Waals surface area (Å²) in [6.45, 7) is 4.21. The highest BCUT2D eigenvalue weighted by Gasteiger charge is 2.31. The minimum Gasteiger partial charge on any atom is -0.374 e. The van der Waals surface area contributed by atoms with Gasteiger partial charge in [0.05, 0.1) is 6.04 Å².